The lowest BCUT2D eigenvalue weighted by molar-refractivity contribution is -0.123. The maximum Gasteiger partial charge on any atom is 0.281 e. The SMILES string of the molecule is Cc1cccc(C(=O)n2nc(Nc3cccc(OCC(=O)NCC(O)CO)c3)nc2N)c1. The van der Waals surface area contributed by atoms with Gasteiger partial charge in [0.1, 0.15) is 5.75 Å². The van der Waals surface area contributed by atoms with E-state index < -0.39 is 24.5 Å². The number of hydrogen-bond donors (Lipinski definition) is 5. The third kappa shape index (κ3) is 6.03. The summed E-state index contributed by atoms with van der Waals surface area (Å²) in [5.41, 5.74) is 7.79. The number of ether oxygens (including phenoxy) is 1. The Bertz CT molecular complexity index is 1100. The highest BCUT2D eigenvalue weighted by atomic mass is 16.5. The molecule has 1 aromatic heterocycles. The molecule has 11 heteroatoms. The van der Waals surface area contributed by atoms with Crippen LogP contribution in [0.25, 0.3) is 0 Å². The van der Waals surface area contributed by atoms with Crippen molar-refractivity contribution < 1.29 is 24.5 Å². The monoisotopic (exact) mass is 440 g/mol. The fourth-order valence-corrected chi connectivity index (χ4v) is 2.72. The van der Waals surface area contributed by atoms with Crippen molar-refractivity contribution in [3.05, 3.63) is 59.7 Å². The van der Waals surface area contributed by atoms with Crippen molar-refractivity contribution in [3.8, 4) is 5.75 Å². The van der Waals surface area contributed by atoms with Crippen molar-refractivity contribution in [2.75, 3.05) is 30.8 Å². The van der Waals surface area contributed by atoms with Crippen molar-refractivity contribution >= 4 is 29.4 Å². The van der Waals surface area contributed by atoms with E-state index in [1.165, 1.54) is 0 Å². The second kappa shape index (κ2) is 10.4. The molecule has 0 aliphatic rings. The summed E-state index contributed by atoms with van der Waals surface area (Å²) in [6.07, 6.45) is -1.02. The van der Waals surface area contributed by atoms with Crippen molar-refractivity contribution in [1.29, 1.82) is 0 Å². The molecule has 0 saturated carbocycles. The smallest absolute Gasteiger partial charge is 0.281 e. The number of anilines is 3. The Morgan fingerprint density at radius 1 is 1.22 bits per heavy atom. The molecule has 0 bridgehead atoms. The van der Waals surface area contributed by atoms with Crippen LogP contribution in [0, 0.1) is 6.92 Å². The average Bonchev–Trinajstić information content (AvgIpc) is 3.15. The zero-order chi connectivity index (χ0) is 23.1. The zero-order valence-electron chi connectivity index (χ0n) is 17.4. The molecular formula is C21H24N6O5. The summed E-state index contributed by atoms with van der Waals surface area (Å²) in [5, 5.41) is 27.5. The first-order valence-electron chi connectivity index (χ1n) is 9.75. The molecule has 0 saturated heterocycles. The molecule has 11 nitrogen and oxygen atoms in total. The molecule has 2 aromatic carbocycles. The first kappa shape index (κ1) is 22.7. The van der Waals surface area contributed by atoms with Gasteiger partial charge in [-0.05, 0) is 31.2 Å². The summed E-state index contributed by atoms with van der Waals surface area (Å²) in [7, 11) is 0. The van der Waals surface area contributed by atoms with Crippen molar-refractivity contribution in [1.82, 2.24) is 20.1 Å². The zero-order valence-corrected chi connectivity index (χ0v) is 17.4. The van der Waals surface area contributed by atoms with Crippen LogP contribution in [0.3, 0.4) is 0 Å². The highest BCUT2D eigenvalue weighted by molar-refractivity contribution is 5.97. The van der Waals surface area contributed by atoms with Crippen LogP contribution in [-0.2, 0) is 4.79 Å². The van der Waals surface area contributed by atoms with Crippen LogP contribution in [0.1, 0.15) is 15.9 Å². The molecule has 6 N–H and O–H groups in total. The van der Waals surface area contributed by atoms with E-state index in [-0.39, 0.29) is 25.0 Å². The summed E-state index contributed by atoms with van der Waals surface area (Å²) in [5.74, 6) is -0.388. The summed E-state index contributed by atoms with van der Waals surface area (Å²) >= 11 is 0. The molecule has 0 fully saturated rings. The minimum atomic E-state index is -1.02. The number of nitrogen functional groups attached to an aromatic ring is 1. The van der Waals surface area contributed by atoms with Gasteiger partial charge in [0.05, 0.1) is 12.7 Å². The molecule has 3 aromatic rings. The number of nitrogens with zero attached hydrogens (tertiary/aromatic N) is 3. The van der Waals surface area contributed by atoms with E-state index in [2.05, 4.69) is 20.7 Å². The molecule has 0 aliphatic heterocycles. The molecule has 1 atom stereocenters. The minimum absolute atomic E-state index is 0.0619. The van der Waals surface area contributed by atoms with Crippen LogP contribution in [-0.4, -0.2) is 62.7 Å². The van der Waals surface area contributed by atoms with E-state index in [0.717, 1.165) is 10.2 Å². The Hall–Kier alpha value is -3.96. The van der Waals surface area contributed by atoms with Crippen LogP contribution in [0.2, 0.25) is 0 Å². The van der Waals surface area contributed by atoms with Crippen LogP contribution in [0.5, 0.6) is 5.75 Å². The number of aliphatic hydroxyl groups is 2. The Balaban J connectivity index is 1.63. The number of amides is 1. The lowest BCUT2D eigenvalue weighted by atomic mass is 10.1. The van der Waals surface area contributed by atoms with Gasteiger partial charge in [-0.3, -0.25) is 9.59 Å². The standard InChI is InChI=1S/C21H24N6O5/c1-13-4-2-5-14(8-13)19(31)27-20(22)25-21(26-27)24-15-6-3-7-17(9-15)32-12-18(30)23-10-16(29)11-28/h2-9,16,28-29H,10-12H2,1H3,(H,23,30)(H3,22,24,25,26). The second-order valence-corrected chi connectivity index (χ2v) is 6.96. The van der Waals surface area contributed by atoms with Crippen molar-refractivity contribution in [3.63, 3.8) is 0 Å². The second-order valence-electron chi connectivity index (χ2n) is 6.96. The number of carbonyl (C=O) groups is 2. The first-order chi connectivity index (χ1) is 15.4. The lowest BCUT2D eigenvalue weighted by Gasteiger charge is -2.10. The molecule has 1 heterocycles. The third-order valence-electron chi connectivity index (χ3n) is 4.30. The number of aliphatic hydroxyl groups excluding tert-OH is 2. The molecule has 1 amide bonds. The molecule has 0 radical (unpaired) electrons. The van der Waals surface area contributed by atoms with E-state index in [1.807, 2.05) is 13.0 Å². The highest BCUT2D eigenvalue weighted by Gasteiger charge is 2.16. The molecular weight excluding hydrogens is 416 g/mol. The fourth-order valence-electron chi connectivity index (χ4n) is 2.72. The summed E-state index contributed by atoms with van der Waals surface area (Å²) < 4.78 is 6.44. The molecule has 168 valence electrons. The van der Waals surface area contributed by atoms with E-state index in [0.29, 0.717) is 17.0 Å². The summed E-state index contributed by atoms with van der Waals surface area (Å²) in [6, 6.07) is 13.8. The van der Waals surface area contributed by atoms with Crippen molar-refractivity contribution in [2.45, 2.75) is 13.0 Å². The topological polar surface area (TPSA) is 165 Å². The number of nitrogens with one attached hydrogen (secondary N) is 2. The van der Waals surface area contributed by atoms with Gasteiger partial charge in [0.15, 0.2) is 6.61 Å². The van der Waals surface area contributed by atoms with E-state index in [1.54, 1.807) is 42.5 Å². The third-order valence-corrected chi connectivity index (χ3v) is 4.30. The number of rotatable bonds is 9. The van der Waals surface area contributed by atoms with Gasteiger partial charge in [0.25, 0.3) is 11.8 Å². The lowest BCUT2D eigenvalue weighted by Crippen LogP contribution is -2.36. The Morgan fingerprint density at radius 2 is 2.00 bits per heavy atom. The minimum Gasteiger partial charge on any atom is -0.484 e. The molecule has 3 rings (SSSR count). The number of carbonyl (C=O) groups excluding carboxylic acids is 2. The number of benzene rings is 2. The van der Waals surface area contributed by atoms with Gasteiger partial charge in [-0.1, -0.05) is 23.8 Å². The maximum absolute atomic E-state index is 12.7. The van der Waals surface area contributed by atoms with Gasteiger partial charge >= 0.3 is 0 Å². The molecule has 0 aliphatic carbocycles. The molecule has 1 unspecified atom stereocenters. The fraction of sp³-hybridized carbons (Fsp3) is 0.238. The van der Waals surface area contributed by atoms with Crippen LogP contribution in [0.4, 0.5) is 17.6 Å². The van der Waals surface area contributed by atoms with Gasteiger partial charge in [-0.2, -0.15) is 9.67 Å². The largest absolute Gasteiger partial charge is 0.484 e. The Labute approximate surface area is 183 Å². The average molecular weight is 440 g/mol. The van der Waals surface area contributed by atoms with Crippen LogP contribution < -0.4 is 21.1 Å². The van der Waals surface area contributed by atoms with Crippen LogP contribution in [0.15, 0.2) is 48.5 Å². The first-order valence-corrected chi connectivity index (χ1v) is 9.75. The quantitative estimate of drug-likeness (QED) is 0.318. The number of nitrogens with two attached hydrogens (primary N) is 1. The molecule has 32 heavy (non-hydrogen) atoms. The van der Waals surface area contributed by atoms with Gasteiger partial charge in [0.2, 0.25) is 11.9 Å². The van der Waals surface area contributed by atoms with E-state index in [4.69, 9.17) is 15.6 Å². The maximum atomic E-state index is 12.7. The van der Waals surface area contributed by atoms with Gasteiger partial charge in [0, 0.05) is 23.9 Å². The van der Waals surface area contributed by atoms with E-state index >= 15 is 0 Å². The molecule has 0 spiro atoms. The summed E-state index contributed by atoms with van der Waals surface area (Å²) in [6.45, 7) is 1.09. The highest BCUT2D eigenvalue weighted by Crippen LogP contribution is 2.21. The number of hydrogen-bond acceptors (Lipinski definition) is 9. The van der Waals surface area contributed by atoms with Crippen LogP contribution >= 0.6 is 0 Å². The Kier molecular flexibility index (Phi) is 7.37. The predicted octanol–water partition coefficient (Wildman–Crippen LogP) is 0.449. The number of aryl methyl sites for hydroxylation is 1. The predicted molar refractivity (Wildman–Crippen MR) is 117 cm³/mol. The normalized spacial score (nSPS) is 11.6. The summed E-state index contributed by atoms with van der Waals surface area (Å²) in [4.78, 5) is 28.5. The van der Waals surface area contributed by atoms with Gasteiger partial charge in [-0.25, -0.2) is 0 Å². The Morgan fingerprint density at radius 3 is 2.75 bits per heavy atom. The van der Waals surface area contributed by atoms with Gasteiger partial charge in [-0.15, -0.1) is 5.10 Å². The van der Waals surface area contributed by atoms with Gasteiger partial charge < -0.3 is 31.3 Å². The van der Waals surface area contributed by atoms with E-state index in [9.17, 15) is 14.7 Å². The van der Waals surface area contributed by atoms with Crippen molar-refractivity contribution in [2.24, 2.45) is 0 Å². The number of aromatic nitrogens is 3.